The van der Waals surface area contributed by atoms with Gasteiger partial charge < -0.3 is 11.1 Å². The summed E-state index contributed by atoms with van der Waals surface area (Å²) in [4.78, 5) is 12.0. The lowest BCUT2D eigenvalue weighted by Crippen LogP contribution is -2.13. The van der Waals surface area contributed by atoms with Crippen molar-refractivity contribution in [2.75, 3.05) is 11.1 Å². The molecule has 18 heavy (non-hydrogen) atoms. The number of halogens is 1. The number of hydrogen-bond donors (Lipinski definition) is 2. The highest BCUT2D eigenvalue weighted by molar-refractivity contribution is 9.10. The van der Waals surface area contributed by atoms with E-state index in [4.69, 9.17) is 5.73 Å². The van der Waals surface area contributed by atoms with E-state index >= 15 is 0 Å². The number of hydrogen-bond acceptors (Lipinski definition) is 3. The number of carbonyl (C=O) groups is 1. The Morgan fingerprint density at radius 1 is 1.56 bits per heavy atom. The van der Waals surface area contributed by atoms with Crippen LogP contribution in [0.2, 0.25) is 0 Å². The number of amides is 1. The fraction of sp³-hybridized carbons (Fsp3) is 0.167. The van der Waals surface area contributed by atoms with E-state index in [0.29, 0.717) is 16.9 Å². The standard InChI is InChI=1S/C12H13BrN4O/c1-2-17-7-9(6-15-17)16-12(18)10-5-8(13)3-4-11(10)14/h3-7H,2,14H2,1H3,(H,16,18). The van der Waals surface area contributed by atoms with Gasteiger partial charge in [-0.3, -0.25) is 9.48 Å². The number of nitrogens with one attached hydrogen (secondary N) is 1. The van der Waals surface area contributed by atoms with Crippen molar-refractivity contribution in [1.82, 2.24) is 9.78 Å². The Hall–Kier alpha value is -1.82. The van der Waals surface area contributed by atoms with Crippen molar-refractivity contribution in [2.45, 2.75) is 13.5 Å². The molecule has 0 aliphatic carbocycles. The van der Waals surface area contributed by atoms with Crippen molar-refractivity contribution >= 4 is 33.2 Å². The van der Waals surface area contributed by atoms with Gasteiger partial charge in [0.05, 0.1) is 17.4 Å². The van der Waals surface area contributed by atoms with Crippen LogP contribution in [0.25, 0.3) is 0 Å². The van der Waals surface area contributed by atoms with E-state index in [1.54, 1.807) is 35.3 Å². The number of nitrogens with zero attached hydrogens (tertiary/aromatic N) is 2. The summed E-state index contributed by atoms with van der Waals surface area (Å²) in [6.07, 6.45) is 3.38. The molecule has 0 bridgehead atoms. The van der Waals surface area contributed by atoms with E-state index in [2.05, 4.69) is 26.3 Å². The summed E-state index contributed by atoms with van der Waals surface area (Å²) < 4.78 is 2.55. The SMILES string of the molecule is CCn1cc(NC(=O)c2cc(Br)ccc2N)cn1. The lowest BCUT2D eigenvalue weighted by molar-refractivity contribution is 0.102. The zero-order chi connectivity index (χ0) is 13.1. The first-order valence-electron chi connectivity index (χ1n) is 5.49. The molecule has 1 aromatic carbocycles. The highest BCUT2D eigenvalue weighted by Gasteiger charge is 2.11. The van der Waals surface area contributed by atoms with Gasteiger partial charge in [0.25, 0.3) is 5.91 Å². The van der Waals surface area contributed by atoms with E-state index in [-0.39, 0.29) is 5.91 Å². The second-order valence-corrected chi connectivity index (χ2v) is 4.69. The van der Waals surface area contributed by atoms with Gasteiger partial charge in [0, 0.05) is 22.9 Å². The molecule has 94 valence electrons. The Kier molecular flexibility index (Phi) is 3.66. The average molecular weight is 309 g/mol. The molecule has 0 spiro atoms. The van der Waals surface area contributed by atoms with E-state index in [1.807, 2.05) is 6.92 Å². The highest BCUT2D eigenvalue weighted by atomic mass is 79.9. The summed E-state index contributed by atoms with van der Waals surface area (Å²) in [6, 6.07) is 5.17. The normalized spacial score (nSPS) is 10.3. The van der Waals surface area contributed by atoms with Gasteiger partial charge in [0.1, 0.15) is 0 Å². The molecule has 0 radical (unpaired) electrons. The zero-order valence-corrected chi connectivity index (χ0v) is 11.4. The number of aromatic nitrogens is 2. The van der Waals surface area contributed by atoms with Crippen molar-refractivity contribution in [1.29, 1.82) is 0 Å². The Balaban J connectivity index is 2.19. The number of anilines is 2. The third-order valence-corrected chi connectivity index (χ3v) is 2.97. The molecule has 1 heterocycles. The Morgan fingerprint density at radius 3 is 3.00 bits per heavy atom. The molecule has 0 saturated carbocycles. The van der Waals surface area contributed by atoms with Crippen LogP contribution in [0.5, 0.6) is 0 Å². The summed E-state index contributed by atoms with van der Waals surface area (Å²) in [7, 11) is 0. The lowest BCUT2D eigenvalue weighted by atomic mass is 10.1. The fourth-order valence-corrected chi connectivity index (χ4v) is 1.89. The molecule has 2 rings (SSSR count). The van der Waals surface area contributed by atoms with Crippen molar-refractivity contribution in [2.24, 2.45) is 0 Å². The second-order valence-electron chi connectivity index (χ2n) is 3.77. The molecule has 0 aliphatic rings. The van der Waals surface area contributed by atoms with Crippen LogP contribution in [0.3, 0.4) is 0 Å². The molecule has 0 saturated heterocycles. The molecule has 1 aromatic heterocycles. The highest BCUT2D eigenvalue weighted by Crippen LogP contribution is 2.19. The number of aryl methyl sites for hydroxylation is 1. The number of nitrogens with two attached hydrogens (primary N) is 1. The lowest BCUT2D eigenvalue weighted by Gasteiger charge is -2.06. The van der Waals surface area contributed by atoms with Gasteiger partial charge in [-0.15, -0.1) is 0 Å². The van der Waals surface area contributed by atoms with Crippen molar-refractivity contribution < 1.29 is 4.79 Å². The summed E-state index contributed by atoms with van der Waals surface area (Å²) in [6.45, 7) is 2.74. The van der Waals surface area contributed by atoms with Crippen LogP contribution in [-0.2, 0) is 6.54 Å². The minimum atomic E-state index is -0.246. The van der Waals surface area contributed by atoms with Crippen LogP contribution in [0, 0.1) is 0 Å². The first-order valence-corrected chi connectivity index (χ1v) is 6.28. The smallest absolute Gasteiger partial charge is 0.257 e. The number of nitrogen functional groups attached to an aromatic ring is 1. The van der Waals surface area contributed by atoms with E-state index in [0.717, 1.165) is 11.0 Å². The van der Waals surface area contributed by atoms with Crippen LogP contribution in [0.4, 0.5) is 11.4 Å². The molecule has 2 aromatic rings. The first-order chi connectivity index (χ1) is 8.60. The van der Waals surface area contributed by atoms with Crippen molar-refractivity contribution in [3.8, 4) is 0 Å². The number of rotatable bonds is 3. The van der Waals surface area contributed by atoms with E-state index in [1.165, 1.54) is 0 Å². The molecule has 1 amide bonds. The van der Waals surface area contributed by atoms with Gasteiger partial charge in [0.2, 0.25) is 0 Å². The predicted octanol–water partition coefficient (Wildman–Crippen LogP) is 2.50. The van der Waals surface area contributed by atoms with Gasteiger partial charge in [0.15, 0.2) is 0 Å². The van der Waals surface area contributed by atoms with Crippen LogP contribution < -0.4 is 11.1 Å². The summed E-state index contributed by atoms with van der Waals surface area (Å²) >= 11 is 3.31. The number of carbonyl (C=O) groups excluding carboxylic acids is 1. The monoisotopic (exact) mass is 308 g/mol. The Labute approximate surface area is 113 Å². The second kappa shape index (κ2) is 5.22. The Morgan fingerprint density at radius 2 is 2.33 bits per heavy atom. The third kappa shape index (κ3) is 2.70. The third-order valence-electron chi connectivity index (χ3n) is 2.48. The molecular formula is C12H13BrN4O. The van der Waals surface area contributed by atoms with Crippen LogP contribution >= 0.6 is 15.9 Å². The molecule has 5 nitrogen and oxygen atoms in total. The maximum Gasteiger partial charge on any atom is 0.257 e. The van der Waals surface area contributed by atoms with E-state index in [9.17, 15) is 4.79 Å². The summed E-state index contributed by atoms with van der Waals surface area (Å²) in [5.74, 6) is -0.246. The van der Waals surface area contributed by atoms with Crippen LogP contribution in [0.1, 0.15) is 17.3 Å². The van der Waals surface area contributed by atoms with Gasteiger partial charge in [-0.05, 0) is 25.1 Å². The van der Waals surface area contributed by atoms with Gasteiger partial charge in [-0.1, -0.05) is 15.9 Å². The van der Waals surface area contributed by atoms with Crippen LogP contribution in [-0.4, -0.2) is 15.7 Å². The topological polar surface area (TPSA) is 72.9 Å². The van der Waals surface area contributed by atoms with Gasteiger partial charge in [-0.25, -0.2) is 0 Å². The predicted molar refractivity (Wildman–Crippen MR) is 74.4 cm³/mol. The maximum absolute atomic E-state index is 12.0. The molecule has 6 heteroatoms. The minimum absolute atomic E-state index is 0.246. The quantitative estimate of drug-likeness (QED) is 0.856. The number of benzene rings is 1. The molecule has 0 unspecified atom stereocenters. The summed E-state index contributed by atoms with van der Waals surface area (Å²) in [5.41, 5.74) is 7.31. The maximum atomic E-state index is 12.0. The molecule has 0 atom stereocenters. The molecule has 0 aliphatic heterocycles. The molecular weight excluding hydrogens is 296 g/mol. The molecule has 3 N–H and O–H groups in total. The first kappa shape index (κ1) is 12.6. The molecule has 0 fully saturated rings. The van der Waals surface area contributed by atoms with Crippen molar-refractivity contribution in [3.63, 3.8) is 0 Å². The van der Waals surface area contributed by atoms with Gasteiger partial charge >= 0.3 is 0 Å². The van der Waals surface area contributed by atoms with Gasteiger partial charge in [-0.2, -0.15) is 5.10 Å². The van der Waals surface area contributed by atoms with E-state index < -0.39 is 0 Å². The van der Waals surface area contributed by atoms with Crippen molar-refractivity contribution in [3.05, 3.63) is 40.6 Å². The largest absolute Gasteiger partial charge is 0.398 e. The zero-order valence-electron chi connectivity index (χ0n) is 9.85. The average Bonchev–Trinajstić information content (AvgIpc) is 2.80. The minimum Gasteiger partial charge on any atom is -0.398 e. The van der Waals surface area contributed by atoms with Crippen LogP contribution in [0.15, 0.2) is 35.1 Å². The Bertz CT molecular complexity index is 579. The fourth-order valence-electron chi connectivity index (χ4n) is 1.52. The summed E-state index contributed by atoms with van der Waals surface area (Å²) in [5, 5.41) is 6.84.